The predicted molar refractivity (Wildman–Crippen MR) is 106 cm³/mol. The number of amides is 1. The summed E-state index contributed by atoms with van der Waals surface area (Å²) in [6, 6.07) is 7.53. The largest absolute Gasteiger partial charge is 0.497 e. The Morgan fingerprint density at radius 2 is 2.06 bits per heavy atom. The normalized spacial score (nSPS) is 21.2. The van der Waals surface area contributed by atoms with Gasteiger partial charge in [0.05, 0.1) is 25.0 Å². The molecule has 1 aromatic carbocycles. The molecule has 3 aromatic rings. The minimum atomic E-state index is -3.42. The van der Waals surface area contributed by atoms with E-state index < -0.39 is 20.5 Å². The zero-order valence-corrected chi connectivity index (χ0v) is 17.5. The lowest BCUT2D eigenvalue weighted by Gasteiger charge is -2.48. The third kappa shape index (κ3) is 3.19. The number of oxazole rings is 1. The lowest BCUT2D eigenvalue weighted by molar-refractivity contribution is 0.0472. The molecule has 2 aromatic heterocycles. The summed E-state index contributed by atoms with van der Waals surface area (Å²) < 4.78 is 40.3. The molecule has 2 aliphatic heterocycles. The molecule has 31 heavy (non-hydrogen) atoms. The van der Waals surface area contributed by atoms with Gasteiger partial charge in [0.25, 0.3) is 5.91 Å². The predicted octanol–water partition coefficient (Wildman–Crippen LogP) is 1.45. The van der Waals surface area contributed by atoms with Gasteiger partial charge in [-0.25, -0.2) is 13.4 Å². The van der Waals surface area contributed by atoms with Crippen molar-refractivity contribution in [1.29, 1.82) is 0 Å². The van der Waals surface area contributed by atoms with Crippen molar-refractivity contribution < 1.29 is 26.9 Å². The van der Waals surface area contributed by atoms with Crippen LogP contribution in [0.1, 0.15) is 40.2 Å². The van der Waals surface area contributed by atoms with E-state index in [0.717, 1.165) is 11.3 Å². The lowest BCUT2D eigenvalue weighted by Crippen LogP contribution is -2.67. The van der Waals surface area contributed by atoms with Crippen LogP contribution in [0, 0.1) is 0 Å². The molecule has 0 radical (unpaired) electrons. The van der Waals surface area contributed by atoms with Gasteiger partial charge in [-0.05, 0) is 24.1 Å². The van der Waals surface area contributed by atoms with Crippen LogP contribution in [0.2, 0.25) is 0 Å². The van der Waals surface area contributed by atoms with Gasteiger partial charge in [-0.1, -0.05) is 17.3 Å². The molecule has 0 saturated carbocycles. The Hall–Kier alpha value is -3.21. The first-order chi connectivity index (χ1) is 14.9. The number of aromatic nitrogens is 3. The van der Waals surface area contributed by atoms with Gasteiger partial charge in [0.15, 0.2) is 22.1 Å². The number of hydrogen-bond donors (Lipinski definition) is 0. The Kier molecular flexibility index (Phi) is 4.58. The van der Waals surface area contributed by atoms with Crippen molar-refractivity contribution in [2.24, 2.45) is 0 Å². The number of carbonyl (C=O) groups excluding carboxylic acids is 1. The molecule has 4 heterocycles. The number of methoxy groups -OCH3 is 1. The van der Waals surface area contributed by atoms with Gasteiger partial charge in [0.2, 0.25) is 11.7 Å². The monoisotopic (exact) mass is 444 g/mol. The summed E-state index contributed by atoms with van der Waals surface area (Å²) in [4.78, 5) is 22.1. The maximum atomic E-state index is 12.9. The summed E-state index contributed by atoms with van der Waals surface area (Å²) in [5, 5.41) is 4.05. The highest BCUT2D eigenvalue weighted by Crippen LogP contribution is 2.49. The number of ether oxygens (including phenoxy) is 1. The number of benzene rings is 1. The Balaban J connectivity index is 1.34. The number of likely N-dealkylation sites (tertiary alicyclic amines) is 1. The molecule has 2 saturated heterocycles. The summed E-state index contributed by atoms with van der Waals surface area (Å²) in [5.41, 5.74) is 0.981. The van der Waals surface area contributed by atoms with E-state index in [0.29, 0.717) is 24.6 Å². The van der Waals surface area contributed by atoms with Crippen LogP contribution in [-0.2, 0) is 16.3 Å². The van der Waals surface area contributed by atoms with Crippen LogP contribution in [0.25, 0.3) is 0 Å². The fourth-order valence-corrected chi connectivity index (χ4v) is 6.66. The van der Waals surface area contributed by atoms with Crippen molar-refractivity contribution >= 4 is 15.7 Å². The van der Waals surface area contributed by atoms with Crippen LogP contribution in [0.15, 0.2) is 45.8 Å². The number of hydrogen-bond acceptors (Lipinski definition) is 9. The third-order valence-corrected chi connectivity index (χ3v) is 8.63. The standard InChI is InChI=1S/C20H20N4O6S/c1-28-14-4-2-13(3-5-14)8-17-22-18(30-23-17)15-6-7-31(26,27)20(15)10-24(11-20)19(25)16-9-21-12-29-16/h2-5,9,12,15H,6-8,10-11H2,1H3. The third-order valence-electron chi connectivity index (χ3n) is 6.08. The minimum absolute atomic E-state index is 0.0260. The maximum Gasteiger partial charge on any atom is 0.291 e. The van der Waals surface area contributed by atoms with Crippen molar-refractivity contribution in [2.45, 2.75) is 23.5 Å². The summed E-state index contributed by atoms with van der Waals surface area (Å²) in [6.45, 7) is 0.130. The second kappa shape index (κ2) is 7.19. The van der Waals surface area contributed by atoms with E-state index >= 15 is 0 Å². The molecular formula is C20H20N4O6S. The first kappa shape index (κ1) is 19.7. The average Bonchev–Trinajstić information content (AvgIpc) is 3.46. The number of sulfone groups is 1. The SMILES string of the molecule is COc1ccc(Cc2noc(C3CCS(=O)(=O)C34CN(C(=O)c3cnco3)C4)n2)cc1. The van der Waals surface area contributed by atoms with Crippen LogP contribution in [0.4, 0.5) is 0 Å². The summed E-state index contributed by atoms with van der Waals surface area (Å²) in [5.74, 6) is 0.817. The Morgan fingerprint density at radius 1 is 1.29 bits per heavy atom. The molecule has 0 bridgehead atoms. The molecule has 2 fully saturated rings. The van der Waals surface area contributed by atoms with Gasteiger partial charge in [0.1, 0.15) is 10.5 Å². The molecule has 0 aliphatic carbocycles. The number of carbonyl (C=O) groups is 1. The van der Waals surface area contributed by atoms with Gasteiger partial charge in [0, 0.05) is 19.5 Å². The van der Waals surface area contributed by atoms with Gasteiger partial charge in [-0.3, -0.25) is 4.79 Å². The smallest absolute Gasteiger partial charge is 0.291 e. The Bertz CT molecular complexity index is 1200. The fourth-order valence-electron chi connectivity index (χ4n) is 4.35. The van der Waals surface area contributed by atoms with E-state index in [1.54, 1.807) is 7.11 Å². The Morgan fingerprint density at radius 3 is 2.74 bits per heavy atom. The zero-order valence-electron chi connectivity index (χ0n) is 16.7. The van der Waals surface area contributed by atoms with E-state index in [1.165, 1.54) is 17.5 Å². The topological polar surface area (TPSA) is 129 Å². The quantitative estimate of drug-likeness (QED) is 0.574. The van der Waals surface area contributed by atoms with Crippen molar-refractivity contribution in [3.8, 4) is 5.75 Å². The number of rotatable bonds is 5. The lowest BCUT2D eigenvalue weighted by atomic mass is 9.83. The van der Waals surface area contributed by atoms with E-state index in [9.17, 15) is 13.2 Å². The molecule has 2 aliphatic rings. The summed E-state index contributed by atoms with van der Waals surface area (Å²) in [7, 11) is -1.82. The molecular weight excluding hydrogens is 424 g/mol. The van der Waals surface area contributed by atoms with Gasteiger partial charge in [-0.15, -0.1) is 0 Å². The molecule has 1 spiro atoms. The first-order valence-electron chi connectivity index (χ1n) is 9.77. The molecule has 11 heteroatoms. The van der Waals surface area contributed by atoms with Crippen LogP contribution in [0.3, 0.4) is 0 Å². The second-order valence-electron chi connectivity index (χ2n) is 7.83. The molecule has 1 atom stereocenters. The molecule has 0 N–H and O–H groups in total. The van der Waals surface area contributed by atoms with Crippen molar-refractivity contribution in [3.05, 3.63) is 59.9 Å². The molecule has 5 rings (SSSR count). The van der Waals surface area contributed by atoms with Crippen molar-refractivity contribution in [1.82, 2.24) is 20.0 Å². The highest BCUT2D eigenvalue weighted by Gasteiger charge is 2.64. The van der Waals surface area contributed by atoms with Crippen LogP contribution >= 0.6 is 0 Å². The van der Waals surface area contributed by atoms with Gasteiger partial charge in [-0.2, -0.15) is 4.98 Å². The van der Waals surface area contributed by atoms with E-state index in [2.05, 4.69) is 15.1 Å². The molecule has 1 amide bonds. The highest BCUT2D eigenvalue weighted by molar-refractivity contribution is 7.93. The van der Waals surface area contributed by atoms with E-state index in [-0.39, 0.29) is 30.5 Å². The van der Waals surface area contributed by atoms with E-state index in [4.69, 9.17) is 13.7 Å². The van der Waals surface area contributed by atoms with Gasteiger partial charge < -0.3 is 18.6 Å². The van der Waals surface area contributed by atoms with Crippen LogP contribution in [0.5, 0.6) is 5.75 Å². The molecule has 10 nitrogen and oxygen atoms in total. The van der Waals surface area contributed by atoms with Gasteiger partial charge >= 0.3 is 0 Å². The second-order valence-corrected chi connectivity index (χ2v) is 10.3. The highest BCUT2D eigenvalue weighted by atomic mass is 32.2. The fraction of sp³-hybridized carbons (Fsp3) is 0.400. The maximum absolute atomic E-state index is 12.9. The zero-order chi connectivity index (χ0) is 21.6. The van der Waals surface area contributed by atoms with Crippen LogP contribution in [-0.4, -0.2) is 65.0 Å². The number of nitrogens with zero attached hydrogens (tertiary/aromatic N) is 4. The van der Waals surface area contributed by atoms with E-state index in [1.807, 2.05) is 24.3 Å². The summed E-state index contributed by atoms with van der Waals surface area (Å²) >= 11 is 0. The first-order valence-corrected chi connectivity index (χ1v) is 11.4. The van der Waals surface area contributed by atoms with Crippen molar-refractivity contribution in [3.63, 3.8) is 0 Å². The summed E-state index contributed by atoms with van der Waals surface area (Å²) in [6.07, 6.45) is 3.32. The molecule has 162 valence electrons. The van der Waals surface area contributed by atoms with Crippen molar-refractivity contribution in [2.75, 3.05) is 26.0 Å². The average molecular weight is 444 g/mol. The Labute approximate surface area is 178 Å². The molecule has 1 unspecified atom stereocenters. The minimum Gasteiger partial charge on any atom is -0.497 e. The van der Waals surface area contributed by atoms with Crippen LogP contribution < -0.4 is 4.74 Å².